The van der Waals surface area contributed by atoms with E-state index in [4.69, 9.17) is 0 Å². The molecule has 19 heavy (non-hydrogen) atoms. The summed E-state index contributed by atoms with van der Waals surface area (Å²) in [7, 11) is 0. The summed E-state index contributed by atoms with van der Waals surface area (Å²) in [6.07, 6.45) is 16.8. The standard InChI is InChI=1S/C18H39N/c1-4-7-10-11-12-15-18-19(16-13-8-5-2)17-14-9-6-3/h4-18H2,1-3H3. The lowest BCUT2D eigenvalue weighted by Gasteiger charge is -2.22. The first-order valence-corrected chi connectivity index (χ1v) is 9.07. The molecule has 0 unspecified atom stereocenters. The average Bonchev–Trinajstić information content (AvgIpc) is 2.42. The number of unbranched alkanes of at least 4 members (excludes halogenated alkanes) is 9. The quantitative estimate of drug-likeness (QED) is 0.328. The Morgan fingerprint density at radius 3 is 1.21 bits per heavy atom. The van der Waals surface area contributed by atoms with Crippen LogP contribution in [0.15, 0.2) is 0 Å². The van der Waals surface area contributed by atoms with Gasteiger partial charge < -0.3 is 4.90 Å². The smallest absolute Gasteiger partial charge is 0.00187 e. The van der Waals surface area contributed by atoms with Gasteiger partial charge in [0.15, 0.2) is 0 Å². The summed E-state index contributed by atoms with van der Waals surface area (Å²) in [6, 6.07) is 0. The van der Waals surface area contributed by atoms with Crippen LogP contribution in [0.3, 0.4) is 0 Å². The zero-order valence-corrected chi connectivity index (χ0v) is 14.1. The Morgan fingerprint density at radius 1 is 0.421 bits per heavy atom. The predicted octanol–water partition coefficient (Wildman–Crippen LogP) is 6.03. The first-order valence-electron chi connectivity index (χ1n) is 9.07. The first-order chi connectivity index (χ1) is 9.35. The number of rotatable bonds is 15. The summed E-state index contributed by atoms with van der Waals surface area (Å²) in [5.74, 6) is 0. The molecule has 0 aliphatic heterocycles. The van der Waals surface area contributed by atoms with E-state index in [1.54, 1.807) is 0 Å². The van der Waals surface area contributed by atoms with Gasteiger partial charge >= 0.3 is 0 Å². The molecule has 0 aromatic carbocycles. The molecule has 0 aromatic heterocycles. The van der Waals surface area contributed by atoms with Crippen molar-refractivity contribution in [2.45, 2.75) is 97.8 Å². The summed E-state index contributed by atoms with van der Waals surface area (Å²) < 4.78 is 0. The lowest BCUT2D eigenvalue weighted by molar-refractivity contribution is 0.255. The fourth-order valence-corrected chi connectivity index (χ4v) is 2.62. The van der Waals surface area contributed by atoms with Crippen LogP contribution in [0, 0.1) is 0 Å². The van der Waals surface area contributed by atoms with Crippen LogP contribution in [0.25, 0.3) is 0 Å². The molecule has 0 fully saturated rings. The predicted molar refractivity (Wildman–Crippen MR) is 88.9 cm³/mol. The number of nitrogens with zero attached hydrogens (tertiary/aromatic N) is 1. The van der Waals surface area contributed by atoms with E-state index in [2.05, 4.69) is 25.7 Å². The fourth-order valence-electron chi connectivity index (χ4n) is 2.62. The zero-order valence-electron chi connectivity index (χ0n) is 14.1. The van der Waals surface area contributed by atoms with E-state index in [0.29, 0.717) is 0 Å². The summed E-state index contributed by atoms with van der Waals surface area (Å²) in [5.41, 5.74) is 0. The molecule has 0 radical (unpaired) electrons. The molecule has 1 heteroatoms. The van der Waals surface area contributed by atoms with E-state index in [-0.39, 0.29) is 0 Å². The van der Waals surface area contributed by atoms with Crippen LogP contribution in [0.4, 0.5) is 0 Å². The van der Waals surface area contributed by atoms with Crippen LogP contribution < -0.4 is 0 Å². The Bertz CT molecular complexity index is 146. The second-order valence-electron chi connectivity index (χ2n) is 6.02. The van der Waals surface area contributed by atoms with Crippen LogP contribution in [-0.4, -0.2) is 24.5 Å². The summed E-state index contributed by atoms with van der Waals surface area (Å²) in [6.45, 7) is 10.9. The molecule has 0 bridgehead atoms. The van der Waals surface area contributed by atoms with E-state index < -0.39 is 0 Å². The summed E-state index contributed by atoms with van der Waals surface area (Å²) in [4.78, 5) is 2.73. The molecule has 0 atom stereocenters. The minimum absolute atomic E-state index is 1.34. The molecule has 0 heterocycles. The molecular weight excluding hydrogens is 230 g/mol. The molecule has 0 N–H and O–H groups in total. The van der Waals surface area contributed by atoms with Crippen molar-refractivity contribution in [2.24, 2.45) is 0 Å². The minimum atomic E-state index is 1.34. The van der Waals surface area contributed by atoms with Crippen LogP contribution in [0.2, 0.25) is 0 Å². The number of hydrogen-bond acceptors (Lipinski definition) is 1. The highest BCUT2D eigenvalue weighted by Crippen LogP contribution is 2.08. The molecule has 0 saturated heterocycles. The monoisotopic (exact) mass is 269 g/mol. The molecule has 0 aromatic rings. The van der Waals surface area contributed by atoms with Crippen molar-refractivity contribution in [1.82, 2.24) is 4.90 Å². The SMILES string of the molecule is CCCCCCCCN(CCCCC)CCCCC. The maximum Gasteiger partial charge on any atom is -0.00187 e. The van der Waals surface area contributed by atoms with Gasteiger partial charge in [-0.3, -0.25) is 0 Å². The van der Waals surface area contributed by atoms with Crippen molar-refractivity contribution in [2.75, 3.05) is 19.6 Å². The van der Waals surface area contributed by atoms with E-state index in [9.17, 15) is 0 Å². The Hall–Kier alpha value is -0.0400. The van der Waals surface area contributed by atoms with Crippen LogP contribution in [0.5, 0.6) is 0 Å². The molecule has 116 valence electrons. The molecule has 0 spiro atoms. The van der Waals surface area contributed by atoms with Gasteiger partial charge in [0.05, 0.1) is 0 Å². The van der Waals surface area contributed by atoms with E-state index in [1.165, 1.54) is 96.7 Å². The topological polar surface area (TPSA) is 3.24 Å². The van der Waals surface area contributed by atoms with Gasteiger partial charge in [0.25, 0.3) is 0 Å². The largest absolute Gasteiger partial charge is 0.303 e. The van der Waals surface area contributed by atoms with Gasteiger partial charge in [0, 0.05) is 0 Å². The van der Waals surface area contributed by atoms with Crippen molar-refractivity contribution in [3.8, 4) is 0 Å². The van der Waals surface area contributed by atoms with Gasteiger partial charge in [-0.15, -0.1) is 0 Å². The third kappa shape index (κ3) is 14.2. The minimum Gasteiger partial charge on any atom is -0.303 e. The fraction of sp³-hybridized carbons (Fsp3) is 1.00. The maximum atomic E-state index is 2.73. The third-order valence-electron chi connectivity index (χ3n) is 3.98. The van der Waals surface area contributed by atoms with Gasteiger partial charge in [-0.1, -0.05) is 78.6 Å². The van der Waals surface area contributed by atoms with E-state index >= 15 is 0 Å². The van der Waals surface area contributed by atoms with Crippen LogP contribution in [-0.2, 0) is 0 Å². The highest BCUT2D eigenvalue weighted by Gasteiger charge is 2.03. The molecule has 0 aliphatic carbocycles. The van der Waals surface area contributed by atoms with Gasteiger partial charge in [0.1, 0.15) is 0 Å². The van der Waals surface area contributed by atoms with E-state index in [0.717, 1.165) is 0 Å². The van der Waals surface area contributed by atoms with Crippen molar-refractivity contribution < 1.29 is 0 Å². The van der Waals surface area contributed by atoms with Gasteiger partial charge in [-0.25, -0.2) is 0 Å². The van der Waals surface area contributed by atoms with Crippen molar-refractivity contribution >= 4 is 0 Å². The molecule has 0 amide bonds. The number of hydrogen-bond donors (Lipinski definition) is 0. The summed E-state index contributed by atoms with van der Waals surface area (Å²) in [5, 5.41) is 0. The Kier molecular flexibility index (Phi) is 16.0. The lowest BCUT2D eigenvalue weighted by Crippen LogP contribution is -2.27. The Labute approximate surface area is 123 Å². The molecule has 0 rings (SSSR count). The Morgan fingerprint density at radius 2 is 0.737 bits per heavy atom. The van der Waals surface area contributed by atoms with Crippen LogP contribution in [0.1, 0.15) is 97.8 Å². The maximum absolute atomic E-state index is 2.73. The van der Waals surface area contributed by atoms with Gasteiger partial charge in [-0.05, 0) is 38.9 Å². The summed E-state index contributed by atoms with van der Waals surface area (Å²) >= 11 is 0. The Balaban J connectivity index is 3.58. The lowest BCUT2D eigenvalue weighted by atomic mass is 10.1. The average molecular weight is 270 g/mol. The van der Waals surface area contributed by atoms with Gasteiger partial charge in [0.2, 0.25) is 0 Å². The van der Waals surface area contributed by atoms with Crippen molar-refractivity contribution in [3.63, 3.8) is 0 Å². The zero-order chi connectivity index (χ0) is 14.2. The van der Waals surface area contributed by atoms with Crippen LogP contribution >= 0.6 is 0 Å². The highest BCUT2D eigenvalue weighted by atomic mass is 15.1. The molecule has 1 nitrogen and oxygen atoms in total. The first kappa shape index (κ1) is 19.0. The highest BCUT2D eigenvalue weighted by molar-refractivity contribution is 4.59. The van der Waals surface area contributed by atoms with Crippen molar-refractivity contribution in [3.05, 3.63) is 0 Å². The van der Waals surface area contributed by atoms with E-state index in [1.807, 2.05) is 0 Å². The molecule has 0 aliphatic rings. The normalized spacial score (nSPS) is 11.4. The third-order valence-corrected chi connectivity index (χ3v) is 3.98. The second kappa shape index (κ2) is 16.0. The molecule has 0 saturated carbocycles. The van der Waals surface area contributed by atoms with Gasteiger partial charge in [-0.2, -0.15) is 0 Å². The second-order valence-corrected chi connectivity index (χ2v) is 6.02. The molecular formula is C18H39N. The van der Waals surface area contributed by atoms with Crippen molar-refractivity contribution in [1.29, 1.82) is 0 Å².